The van der Waals surface area contributed by atoms with E-state index < -0.39 is 22.7 Å². The average Bonchev–Trinajstić information content (AvgIpc) is 3.44. The molecule has 0 fully saturated rings. The van der Waals surface area contributed by atoms with Crippen LogP contribution in [0.15, 0.2) is 140 Å². The van der Waals surface area contributed by atoms with Crippen LogP contribution in [0.2, 0.25) is 0 Å². The Bertz CT molecular complexity index is 1700. The molecule has 0 saturated carbocycles. The topological polar surface area (TPSA) is 98.5 Å². The maximum Gasteiger partial charge on any atom is 0.407 e. The molecule has 0 bridgehead atoms. The molecule has 1 aliphatic carbocycles. The zero-order valence-electron chi connectivity index (χ0n) is 25.9. The summed E-state index contributed by atoms with van der Waals surface area (Å²) in [6.07, 6.45) is -0.776. The molecular formula is C40H36N2O4S. The summed E-state index contributed by atoms with van der Waals surface area (Å²) < 4.78 is 4.93. The van der Waals surface area contributed by atoms with Gasteiger partial charge in [-0.05, 0) is 38.9 Å². The van der Waals surface area contributed by atoms with E-state index in [9.17, 15) is 14.4 Å². The van der Waals surface area contributed by atoms with E-state index in [1.807, 2.05) is 78.9 Å². The van der Waals surface area contributed by atoms with E-state index in [0.717, 1.165) is 38.9 Å². The molecule has 0 unspecified atom stereocenters. The largest absolute Gasteiger partial charge is 0.449 e. The lowest BCUT2D eigenvalue weighted by Crippen LogP contribution is -2.35. The van der Waals surface area contributed by atoms with Gasteiger partial charge in [-0.2, -0.15) is 0 Å². The van der Waals surface area contributed by atoms with Crippen LogP contribution >= 0.6 is 11.8 Å². The van der Waals surface area contributed by atoms with Crippen LogP contribution < -0.4 is 11.1 Å². The number of rotatable bonds is 13. The number of amides is 2. The first-order chi connectivity index (χ1) is 23.0. The van der Waals surface area contributed by atoms with Gasteiger partial charge in [0.15, 0.2) is 5.78 Å². The first kappa shape index (κ1) is 31.8. The summed E-state index contributed by atoms with van der Waals surface area (Å²) in [5.41, 5.74) is 13.5. The van der Waals surface area contributed by atoms with Crippen LogP contribution in [0.25, 0.3) is 11.1 Å². The molecule has 0 saturated heterocycles. The van der Waals surface area contributed by atoms with E-state index in [0.29, 0.717) is 5.75 Å². The van der Waals surface area contributed by atoms with Gasteiger partial charge in [0.25, 0.3) is 0 Å². The van der Waals surface area contributed by atoms with E-state index >= 15 is 0 Å². The van der Waals surface area contributed by atoms with Crippen molar-refractivity contribution in [1.82, 2.24) is 5.32 Å². The van der Waals surface area contributed by atoms with Gasteiger partial charge in [-0.15, -0.1) is 11.8 Å². The number of ether oxygens (including phenoxy) is 1. The summed E-state index contributed by atoms with van der Waals surface area (Å²) in [6, 6.07) is 46.6. The van der Waals surface area contributed by atoms with Gasteiger partial charge in [0, 0.05) is 18.1 Å². The zero-order chi connectivity index (χ0) is 32.6. The van der Waals surface area contributed by atoms with Crippen LogP contribution in [0.3, 0.4) is 0 Å². The highest BCUT2D eigenvalue weighted by Crippen LogP contribution is 2.49. The van der Waals surface area contributed by atoms with Gasteiger partial charge in [0.05, 0.1) is 17.2 Å². The predicted octanol–water partition coefficient (Wildman–Crippen LogP) is 7.31. The molecule has 6 rings (SSSR count). The molecule has 1 aliphatic rings. The van der Waals surface area contributed by atoms with Crippen LogP contribution in [0.1, 0.15) is 40.2 Å². The average molecular weight is 641 g/mol. The van der Waals surface area contributed by atoms with Crippen LogP contribution in [0.5, 0.6) is 0 Å². The molecule has 236 valence electrons. The molecule has 2 amide bonds. The Hall–Kier alpha value is -5.14. The van der Waals surface area contributed by atoms with Gasteiger partial charge < -0.3 is 15.8 Å². The normalized spacial score (nSPS) is 12.9. The standard InChI is InChI=1S/C40H36N2O4S/c41-38(44)28(27-47-40(29-14-4-1-5-15-29,30-16-6-2-7-17-30)31-18-8-3-9-19-31)24-32(43)25-42-39(45)46-26-37-35-22-12-10-20-33(35)34-21-11-13-23-36(34)37/h1-23,28,37H,24-27H2,(H2,41,44)(H,42,45)/t28-/m0/s1. The summed E-state index contributed by atoms with van der Waals surface area (Å²) in [5, 5.41) is 2.58. The Morgan fingerprint density at radius 2 is 1.13 bits per heavy atom. The number of Topliss-reactive ketones (excluding diaryl/α,β-unsaturated/α-hetero) is 1. The van der Waals surface area contributed by atoms with Crippen molar-refractivity contribution in [1.29, 1.82) is 0 Å². The Balaban J connectivity index is 1.11. The van der Waals surface area contributed by atoms with Crippen molar-refractivity contribution < 1.29 is 19.1 Å². The van der Waals surface area contributed by atoms with E-state index in [4.69, 9.17) is 10.5 Å². The molecule has 0 spiro atoms. The highest BCUT2D eigenvalue weighted by atomic mass is 32.2. The first-order valence-electron chi connectivity index (χ1n) is 15.7. The molecule has 0 heterocycles. The summed E-state index contributed by atoms with van der Waals surface area (Å²) in [4.78, 5) is 38.5. The predicted molar refractivity (Wildman–Crippen MR) is 187 cm³/mol. The number of primary amides is 1. The first-order valence-corrected chi connectivity index (χ1v) is 16.7. The van der Waals surface area contributed by atoms with Gasteiger partial charge in [-0.25, -0.2) is 4.79 Å². The summed E-state index contributed by atoms with van der Waals surface area (Å²) in [6.45, 7) is -0.110. The second kappa shape index (κ2) is 14.5. The van der Waals surface area contributed by atoms with Crippen molar-refractivity contribution in [3.63, 3.8) is 0 Å². The number of nitrogens with two attached hydrogens (primary N) is 1. The molecule has 47 heavy (non-hydrogen) atoms. The highest BCUT2D eigenvalue weighted by Gasteiger charge is 2.38. The Morgan fingerprint density at radius 1 is 0.681 bits per heavy atom. The highest BCUT2D eigenvalue weighted by molar-refractivity contribution is 8.00. The lowest BCUT2D eigenvalue weighted by Gasteiger charge is -2.36. The van der Waals surface area contributed by atoms with Crippen molar-refractivity contribution in [3.05, 3.63) is 167 Å². The lowest BCUT2D eigenvalue weighted by atomic mass is 9.84. The van der Waals surface area contributed by atoms with Crippen molar-refractivity contribution in [2.24, 2.45) is 11.7 Å². The molecule has 0 aromatic heterocycles. The summed E-state index contributed by atoms with van der Waals surface area (Å²) in [5.74, 6) is -1.39. The minimum absolute atomic E-state index is 0.0840. The number of ketones is 1. The second-order valence-corrected chi connectivity index (χ2v) is 12.8. The van der Waals surface area contributed by atoms with Crippen molar-refractivity contribution in [3.8, 4) is 11.1 Å². The molecule has 5 aromatic rings. The van der Waals surface area contributed by atoms with Crippen molar-refractivity contribution >= 4 is 29.5 Å². The van der Waals surface area contributed by atoms with E-state index in [-0.39, 0.29) is 31.3 Å². The zero-order valence-corrected chi connectivity index (χ0v) is 26.7. The van der Waals surface area contributed by atoms with Gasteiger partial charge >= 0.3 is 6.09 Å². The third kappa shape index (κ3) is 6.86. The summed E-state index contributed by atoms with van der Waals surface area (Å²) >= 11 is 1.58. The fourth-order valence-electron chi connectivity index (χ4n) is 6.40. The third-order valence-electron chi connectivity index (χ3n) is 8.69. The Kier molecular flexibility index (Phi) is 9.83. The number of benzene rings is 5. The number of alkyl carbamates (subject to hydrolysis) is 1. The van der Waals surface area contributed by atoms with E-state index in [2.05, 4.69) is 66.0 Å². The number of carbonyl (C=O) groups is 3. The number of thioether (sulfide) groups is 1. The molecule has 1 atom stereocenters. The molecule has 5 aromatic carbocycles. The van der Waals surface area contributed by atoms with Crippen LogP contribution in [-0.2, 0) is 19.1 Å². The van der Waals surface area contributed by atoms with Crippen molar-refractivity contribution in [2.45, 2.75) is 17.1 Å². The SMILES string of the molecule is NC(=O)[C@H](CSC(c1ccccc1)(c1ccccc1)c1ccccc1)CC(=O)CNC(=O)OCC1c2ccccc2-c2ccccc21. The number of hydrogen-bond donors (Lipinski definition) is 2. The molecular weight excluding hydrogens is 605 g/mol. The quantitative estimate of drug-likeness (QED) is 0.132. The second-order valence-electron chi connectivity index (χ2n) is 11.6. The van der Waals surface area contributed by atoms with Crippen LogP contribution in [0, 0.1) is 5.92 Å². The van der Waals surface area contributed by atoms with E-state index in [1.165, 1.54) is 0 Å². The minimum atomic E-state index is -0.743. The van der Waals surface area contributed by atoms with Gasteiger partial charge in [-0.1, -0.05) is 140 Å². The van der Waals surface area contributed by atoms with Gasteiger partial charge in [0.2, 0.25) is 5.91 Å². The molecule has 0 radical (unpaired) electrons. The smallest absolute Gasteiger partial charge is 0.407 e. The van der Waals surface area contributed by atoms with Gasteiger partial charge in [0.1, 0.15) is 6.61 Å². The van der Waals surface area contributed by atoms with Gasteiger partial charge in [-0.3, -0.25) is 9.59 Å². The monoisotopic (exact) mass is 640 g/mol. The molecule has 6 nitrogen and oxygen atoms in total. The molecule has 7 heteroatoms. The van der Waals surface area contributed by atoms with Crippen molar-refractivity contribution in [2.75, 3.05) is 18.9 Å². The maximum absolute atomic E-state index is 13.1. The summed E-state index contributed by atoms with van der Waals surface area (Å²) in [7, 11) is 0. The fourth-order valence-corrected chi connectivity index (χ4v) is 8.04. The number of nitrogens with one attached hydrogen (secondary N) is 1. The molecule has 0 aliphatic heterocycles. The minimum Gasteiger partial charge on any atom is -0.449 e. The van der Waals surface area contributed by atoms with Crippen LogP contribution in [0.4, 0.5) is 4.79 Å². The number of carbonyl (C=O) groups excluding carboxylic acids is 3. The number of hydrogen-bond acceptors (Lipinski definition) is 5. The fraction of sp³-hybridized carbons (Fsp3) is 0.175. The Morgan fingerprint density at radius 3 is 1.60 bits per heavy atom. The maximum atomic E-state index is 13.1. The molecule has 3 N–H and O–H groups in total. The van der Waals surface area contributed by atoms with E-state index in [1.54, 1.807) is 11.8 Å². The number of fused-ring (bicyclic) bond motifs is 3. The third-order valence-corrected chi connectivity index (χ3v) is 10.4. The lowest BCUT2D eigenvalue weighted by molar-refractivity contribution is -0.126. The Labute approximate surface area is 279 Å². The van der Waals surface area contributed by atoms with Crippen LogP contribution in [-0.4, -0.2) is 36.7 Å².